The normalized spacial score (nSPS) is 11.9. The molecule has 2 aromatic rings. The van der Waals surface area contributed by atoms with Gasteiger partial charge in [-0.25, -0.2) is 0 Å². The zero-order valence-electron chi connectivity index (χ0n) is 11.8. The van der Waals surface area contributed by atoms with Gasteiger partial charge in [0.05, 0.1) is 0 Å². The molecule has 2 aromatic carbocycles. The van der Waals surface area contributed by atoms with Crippen LogP contribution in [0.25, 0.3) is 0 Å². The number of nitrogens with two attached hydrogens (primary N) is 1. The van der Waals surface area contributed by atoms with Crippen molar-refractivity contribution in [2.24, 2.45) is 0 Å². The van der Waals surface area contributed by atoms with Crippen LogP contribution in [0.1, 0.15) is 11.7 Å². The van der Waals surface area contributed by atoms with Gasteiger partial charge in [0.2, 0.25) is 0 Å². The monoisotopic (exact) mass is 272 g/mol. The van der Waals surface area contributed by atoms with Crippen LogP contribution >= 0.6 is 0 Å². The molecule has 0 amide bonds. The summed E-state index contributed by atoms with van der Waals surface area (Å²) in [6.45, 7) is 0.172. The van der Waals surface area contributed by atoms with Gasteiger partial charge in [0.1, 0.15) is 18.5 Å². The molecule has 0 bridgehead atoms. The Morgan fingerprint density at radius 1 is 1.15 bits per heavy atom. The minimum absolute atomic E-state index is 0.172. The van der Waals surface area contributed by atoms with Crippen LogP contribution in [-0.2, 0) is 0 Å². The van der Waals surface area contributed by atoms with Crippen molar-refractivity contribution in [2.45, 2.75) is 6.10 Å². The van der Waals surface area contributed by atoms with E-state index in [1.54, 1.807) is 12.1 Å². The van der Waals surface area contributed by atoms with E-state index in [-0.39, 0.29) is 6.61 Å². The van der Waals surface area contributed by atoms with Crippen LogP contribution in [0.5, 0.6) is 5.75 Å². The van der Waals surface area contributed by atoms with Gasteiger partial charge in [-0.1, -0.05) is 24.3 Å². The number of nitrogen functional groups attached to an aromatic ring is 1. The fraction of sp³-hybridized carbons (Fsp3) is 0.250. The van der Waals surface area contributed by atoms with E-state index in [1.165, 1.54) is 0 Å². The van der Waals surface area contributed by atoms with Gasteiger partial charge in [0.15, 0.2) is 0 Å². The van der Waals surface area contributed by atoms with Crippen molar-refractivity contribution in [1.29, 1.82) is 0 Å². The van der Waals surface area contributed by atoms with Crippen LogP contribution in [-0.4, -0.2) is 25.8 Å². The molecular weight excluding hydrogens is 252 g/mol. The molecular formula is C16H20N2O2. The molecule has 0 aliphatic rings. The van der Waals surface area contributed by atoms with E-state index in [0.29, 0.717) is 11.3 Å². The molecule has 1 atom stereocenters. The zero-order chi connectivity index (χ0) is 14.5. The number of anilines is 2. The Kier molecular flexibility index (Phi) is 4.48. The Hall–Kier alpha value is -2.20. The van der Waals surface area contributed by atoms with Gasteiger partial charge in [-0.05, 0) is 18.2 Å². The molecule has 2 rings (SSSR count). The molecule has 0 aliphatic carbocycles. The summed E-state index contributed by atoms with van der Waals surface area (Å²) < 4.78 is 5.64. The van der Waals surface area contributed by atoms with Crippen molar-refractivity contribution < 1.29 is 9.84 Å². The predicted octanol–water partition coefficient (Wildman–Crippen LogP) is 2.45. The second-order valence-corrected chi connectivity index (χ2v) is 4.85. The summed E-state index contributed by atoms with van der Waals surface area (Å²) in [5.41, 5.74) is 8.15. The maximum absolute atomic E-state index is 10.1. The SMILES string of the molecule is CN(C)c1cccc(OCC(O)c2ccccc2N)c1. The average molecular weight is 272 g/mol. The first-order valence-electron chi connectivity index (χ1n) is 6.50. The highest BCUT2D eigenvalue weighted by Crippen LogP contribution is 2.23. The van der Waals surface area contributed by atoms with Crippen molar-refractivity contribution in [2.75, 3.05) is 31.3 Å². The fourth-order valence-corrected chi connectivity index (χ4v) is 1.93. The van der Waals surface area contributed by atoms with Gasteiger partial charge >= 0.3 is 0 Å². The summed E-state index contributed by atoms with van der Waals surface area (Å²) in [6.07, 6.45) is -0.737. The molecule has 0 radical (unpaired) electrons. The van der Waals surface area contributed by atoms with E-state index in [9.17, 15) is 5.11 Å². The summed E-state index contributed by atoms with van der Waals surface area (Å²) in [7, 11) is 3.94. The van der Waals surface area contributed by atoms with Crippen LogP contribution in [0.3, 0.4) is 0 Å². The molecule has 0 heterocycles. The second-order valence-electron chi connectivity index (χ2n) is 4.85. The van der Waals surface area contributed by atoms with Crippen LogP contribution in [0.2, 0.25) is 0 Å². The number of rotatable bonds is 5. The minimum Gasteiger partial charge on any atom is -0.490 e. The van der Waals surface area contributed by atoms with E-state index in [0.717, 1.165) is 11.4 Å². The molecule has 106 valence electrons. The highest BCUT2D eigenvalue weighted by atomic mass is 16.5. The predicted molar refractivity (Wildman–Crippen MR) is 82.1 cm³/mol. The van der Waals surface area contributed by atoms with Crippen molar-refractivity contribution in [3.8, 4) is 5.75 Å². The number of hydrogen-bond acceptors (Lipinski definition) is 4. The van der Waals surface area contributed by atoms with Crippen molar-refractivity contribution in [3.63, 3.8) is 0 Å². The van der Waals surface area contributed by atoms with Crippen LogP contribution in [0, 0.1) is 0 Å². The Morgan fingerprint density at radius 2 is 1.90 bits per heavy atom. The standard InChI is InChI=1S/C16H20N2O2/c1-18(2)12-6-5-7-13(10-12)20-11-16(19)14-8-3-4-9-15(14)17/h3-10,16,19H,11,17H2,1-2H3. The third kappa shape index (κ3) is 3.42. The minimum atomic E-state index is -0.737. The highest BCUT2D eigenvalue weighted by Gasteiger charge is 2.11. The lowest BCUT2D eigenvalue weighted by Crippen LogP contribution is -2.12. The second kappa shape index (κ2) is 6.30. The summed E-state index contributed by atoms with van der Waals surface area (Å²) >= 11 is 0. The number of nitrogens with zero attached hydrogens (tertiary/aromatic N) is 1. The first-order valence-corrected chi connectivity index (χ1v) is 6.50. The maximum Gasteiger partial charge on any atom is 0.121 e. The molecule has 1 unspecified atom stereocenters. The highest BCUT2D eigenvalue weighted by molar-refractivity contribution is 5.50. The van der Waals surface area contributed by atoms with Gasteiger partial charge < -0.3 is 20.5 Å². The van der Waals surface area contributed by atoms with Gasteiger partial charge in [-0.3, -0.25) is 0 Å². The van der Waals surface area contributed by atoms with Gasteiger partial charge in [0, 0.05) is 37.1 Å². The molecule has 0 fully saturated rings. The largest absolute Gasteiger partial charge is 0.490 e. The van der Waals surface area contributed by atoms with Crippen molar-refractivity contribution >= 4 is 11.4 Å². The zero-order valence-corrected chi connectivity index (χ0v) is 11.8. The third-order valence-electron chi connectivity index (χ3n) is 3.10. The quantitative estimate of drug-likeness (QED) is 0.821. The molecule has 3 N–H and O–H groups in total. The lowest BCUT2D eigenvalue weighted by Gasteiger charge is -2.16. The molecule has 0 aromatic heterocycles. The molecule has 0 saturated carbocycles. The lowest BCUT2D eigenvalue weighted by molar-refractivity contribution is 0.109. The van der Waals surface area contributed by atoms with E-state index >= 15 is 0 Å². The van der Waals surface area contributed by atoms with Crippen LogP contribution in [0.15, 0.2) is 48.5 Å². The average Bonchev–Trinajstić information content (AvgIpc) is 2.45. The van der Waals surface area contributed by atoms with Crippen molar-refractivity contribution in [3.05, 3.63) is 54.1 Å². The van der Waals surface area contributed by atoms with Crippen molar-refractivity contribution in [1.82, 2.24) is 0 Å². The molecule has 0 spiro atoms. The number of aliphatic hydroxyl groups excluding tert-OH is 1. The number of ether oxygens (including phenoxy) is 1. The molecule has 20 heavy (non-hydrogen) atoms. The summed E-state index contributed by atoms with van der Waals surface area (Å²) in [5, 5.41) is 10.1. The number of benzene rings is 2. The molecule has 4 nitrogen and oxygen atoms in total. The van der Waals surface area contributed by atoms with E-state index < -0.39 is 6.10 Å². The van der Waals surface area contributed by atoms with E-state index in [1.807, 2.05) is 55.4 Å². The van der Waals surface area contributed by atoms with Gasteiger partial charge in [-0.15, -0.1) is 0 Å². The van der Waals surface area contributed by atoms with E-state index in [2.05, 4.69) is 0 Å². The Labute approximate surface area is 119 Å². The molecule has 0 aliphatic heterocycles. The fourth-order valence-electron chi connectivity index (χ4n) is 1.93. The lowest BCUT2D eigenvalue weighted by atomic mass is 10.1. The van der Waals surface area contributed by atoms with Crippen LogP contribution in [0.4, 0.5) is 11.4 Å². The topological polar surface area (TPSA) is 58.7 Å². The Bertz CT molecular complexity index is 570. The molecule has 4 heteroatoms. The van der Waals surface area contributed by atoms with Crippen LogP contribution < -0.4 is 15.4 Å². The first kappa shape index (κ1) is 14.2. The Balaban J connectivity index is 2.02. The first-order chi connectivity index (χ1) is 9.58. The third-order valence-corrected chi connectivity index (χ3v) is 3.10. The maximum atomic E-state index is 10.1. The van der Waals surface area contributed by atoms with E-state index in [4.69, 9.17) is 10.5 Å². The summed E-state index contributed by atoms with van der Waals surface area (Å²) in [6, 6.07) is 15.0. The number of aliphatic hydroxyl groups is 1. The summed E-state index contributed by atoms with van der Waals surface area (Å²) in [5.74, 6) is 0.727. The van der Waals surface area contributed by atoms with Gasteiger partial charge in [0.25, 0.3) is 0 Å². The smallest absolute Gasteiger partial charge is 0.121 e. The molecule has 0 saturated heterocycles. The number of para-hydroxylation sites is 1. The summed E-state index contributed by atoms with van der Waals surface area (Å²) in [4.78, 5) is 2.00. The Morgan fingerprint density at radius 3 is 2.60 bits per heavy atom. The number of hydrogen-bond donors (Lipinski definition) is 2. The van der Waals surface area contributed by atoms with Gasteiger partial charge in [-0.2, -0.15) is 0 Å².